The number of halogens is 1. The average Bonchev–Trinajstić information content (AvgIpc) is 2.42. The maximum atomic E-state index is 5.89. The Bertz CT molecular complexity index is 579. The topological polar surface area (TPSA) is 50.4 Å². The molecule has 0 spiro atoms. The number of benzene rings is 2. The second-order valence-corrected chi connectivity index (χ2v) is 5.15. The lowest BCUT2D eigenvalue weighted by atomic mass is 10.2. The molecule has 0 heterocycles. The molecule has 2 rings (SSSR count). The van der Waals surface area contributed by atoms with Gasteiger partial charge >= 0.3 is 0 Å². The molecule has 0 fully saturated rings. The van der Waals surface area contributed by atoms with Gasteiger partial charge in [0.05, 0.1) is 12.2 Å². The average molecular weight is 318 g/mol. The highest BCUT2D eigenvalue weighted by atomic mass is 79.9. The van der Waals surface area contributed by atoms with Crippen molar-refractivity contribution >= 4 is 27.6 Å². The van der Waals surface area contributed by atoms with E-state index in [1.54, 1.807) is 0 Å². The highest BCUT2D eigenvalue weighted by Crippen LogP contribution is 2.23. The number of nitrogens with two attached hydrogens (primary N) is 1. The second-order valence-electron chi connectivity index (χ2n) is 4.30. The minimum absolute atomic E-state index is 0.412. The Morgan fingerprint density at radius 3 is 2.68 bits per heavy atom. The van der Waals surface area contributed by atoms with Crippen molar-refractivity contribution in [2.24, 2.45) is 10.7 Å². The van der Waals surface area contributed by atoms with Crippen LogP contribution >= 0.6 is 15.9 Å². The Labute approximate surface area is 121 Å². The molecule has 0 atom stereocenters. The van der Waals surface area contributed by atoms with Crippen LogP contribution in [0.1, 0.15) is 11.1 Å². The summed E-state index contributed by atoms with van der Waals surface area (Å²) in [5, 5.41) is 3.10. The van der Waals surface area contributed by atoms with Crippen molar-refractivity contribution in [1.29, 1.82) is 0 Å². The highest BCUT2D eigenvalue weighted by molar-refractivity contribution is 9.10. The van der Waals surface area contributed by atoms with Crippen LogP contribution in [0.5, 0.6) is 0 Å². The first-order valence-corrected chi connectivity index (χ1v) is 6.81. The molecule has 4 heteroatoms. The van der Waals surface area contributed by atoms with Gasteiger partial charge in [0.2, 0.25) is 0 Å². The van der Waals surface area contributed by atoms with Gasteiger partial charge in [-0.1, -0.05) is 36.4 Å². The van der Waals surface area contributed by atoms with Crippen LogP contribution in [0.2, 0.25) is 0 Å². The molecule has 0 saturated heterocycles. The fourth-order valence-corrected chi connectivity index (χ4v) is 2.02. The van der Waals surface area contributed by atoms with Gasteiger partial charge in [-0.3, -0.25) is 0 Å². The summed E-state index contributed by atoms with van der Waals surface area (Å²) < 4.78 is 0.968. The summed E-state index contributed by atoms with van der Waals surface area (Å²) in [6, 6.07) is 16.1. The lowest BCUT2D eigenvalue weighted by molar-refractivity contribution is 1.06. The monoisotopic (exact) mass is 317 g/mol. The first kappa shape index (κ1) is 13.6. The lowest BCUT2D eigenvalue weighted by Crippen LogP contribution is -2.22. The number of aryl methyl sites for hydroxylation is 1. The van der Waals surface area contributed by atoms with Gasteiger partial charge in [-0.25, -0.2) is 4.99 Å². The van der Waals surface area contributed by atoms with Gasteiger partial charge in [0.25, 0.3) is 0 Å². The number of nitrogens with zero attached hydrogens (tertiary/aromatic N) is 1. The van der Waals surface area contributed by atoms with Crippen LogP contribution in [-0.4, -0.2) is 5.96 Å². The Hall–Kier alpha value is -1.81. The van der Waals surface area contributed by atoms with Crippen LogP contribution in [0.15, 0.2) is 58.0 Å². The molecule has 2 aromatic rings. The Morgan fingerprint density at radius 1 is 1.21 bits per heavy atom. The van der Waals surface area contributed by atoms with Crippen molar-refractivity contribution in [2.75, 3.05) is 5.32 Å². The summed E-state index contributed by atoms with van der Waals surface area (Å²) in [6.07, 6.45) is 0. The largest absolute Gasteiger partial charge is 0.370 e. The van der Waals surface area contributed by atoms with Crippen molar-refractivity contribution in [3.8, 4) is 0 Å². The van der Waals surface area contributed by atoms with Gasteiger partial charge in [0.1, 0.15) is 0 Å². The van der Waals surface area contributed by atoms with Crippen molar-refractivity contribution in [2.45, 2.75) is 13.5 Å². The molecule has 0 unspecified atom stereocenters. The fourth-order valence-electron chi connectivity index (χ4n) is 1.67. The van der Waals surface area contributed by atoms with E-state index in [0.717, 1.165) is 15.7 Å². The smallest absolute Gasteiger partial charge is 0.193 e. The third kappa shape index (κ3) is 4.10. The third-order valence-electron chi connectivity index (χ3n) is 2.66. The van der Waals surface area contributed by atoms with E-state index in [0.29, 0.717) is 12.5 Å². The normalized spacial score (nSPS) is 11.4. The number of nitrogens with one attached hydrogen (secondary N) is 1. The molecule has 0 aliphatic heterocycles. The highest BCUT2D eigenvalue weighted by Gasteiger charge is 2.01. The van der Waals surface area contributed by atoms with Crippen molar-refractivity contribution < 1.29 is 0 Å². The predicted octanol–water partition coefficient (Wildman–Crippen LogP) is 3.68. The molecule has 0 aliphatic carbocycles. The van der Waals surface area contributed by atoms with Gasteiger partial charge in [-0.2, -0.15) is 0 Å². The minimum atomic E-state index is 0.412. The van der Waals surface area contributed by atoms with Gasteiger partial charge in [-0.05, 0) is 46.1 Å². The summed E-state index contributed by atoms with van der Waals surface area (Å²) in [5.74, 6) is 0.412. The first-order chi connectivity index (χ1) is 9.15. The van der Waals surface area contributed by atoms with E-state index in [9.17, 15) is 0 Å². The summed E-state index contributed by atoms with van der Waals surface area (Å²) in [6.45, 7) is 2.61. The quantitative estimate of drug-likeness (QED) is 0.670. The third-order valence-corrected chi connectivity index (χ3v) is 3.35. The van der Waals surface area contributed by atoms with Crippen LogP contribution in [0.25, 0.3) is 0 Å². The van der Waals surface area contributed by atoms with E-state index in [-0.39, 0.29) is 0 Å². The standard InChI is InChI=1S/C15H16BrN3/c1-11-7-8-13(16)14(9-11)19-15(17)18-10-12-5-3-2-4-6-12/h2-9H,10H2,1H3,(H3,17,18,19). The molecule has 0 aromatic heterocycles. The van der Waals surface area contributed by atoms with Crippen LogP contribution in [0, 0.1) is 6.92 Å². The van der Waals surface area contributed by atoms with E-state index in [4.69, 9.17) is 5.73 Å². The molecular weight excluding hydrogens is 302 g/mol. The van der Waals surface area contributed by atoms with Crippen LogP contribution in [-0.2, 0) is 6.54 Å². The summed E-state index contributed by atoms with van der Waals surface area (Å²) >= 11 is 3.48. The number of guanidine groups is 1. The van der Waals surface area contributed by atoms with Crippen molar-refractivity contribution in [3.63, 3.8) is 0 Å². The van der Waals surface area contributed by atoms with Crippen molar-refractivity contribution in [1.82, 2.24) is 0 Å². The second kappa shape index (κ2) is 6.38. The number of aliphatic imine (C=N–C) groups is 1. The molecule has 0 bridgehead atoms. The number of hydrogen-bond donors (Lipinski definition) is 2. The van der Waals surface area contributed by atoms with Gasteiger partial charge in [0.15, 0.2) is 5.96 Å². The van der Waals surface area contributed by atoms with E-state index in [1.807, 2.05) is 55.5 Å². The summed E-state index contributed by atoms with van der Waals surface area (Å²) in [4.78, 5) is 4.32. The molecule has 2 aromatic carbocycles. The number of hydrogen-bond acceptors (Lipinski definition) is 1. The van der Waals surface area contributed by atoms with E-state index >= 15 is 0 Å². The maximum absolute atomic E-state index is 5.89. The summed E-state index contributed by atoms with van der Waals surface area (Å²) in [5.41, 5.74) is 9.12. The molecular formula is C15H16BrN3. The maximum Gasteiger partial charge on any atom is 0.193 e. The molecule has 0 radical (unpaired) electrons. The van der Waals surface area contributed by atoms with Gasteiger partial charge < -0.3 is 11.1 Å². The molecule has 0 saturated carbocycles. The Balaban J connectivity index is 2.04. The zero-order valence-electron chi connectivity index (χ0n) is 10.7. The minimum Gasteiger partial charge on any atom is -0.370 e. The number of rotatable bonds is 3. The molecule has 98 valence electrons. The summed E-state index contributed by atoms with van der Waals surface area (Å²) in [7, 11) is 0. The van der Waals surface area contributed by atoms with E-state index in [1.165, 1.54) is 5.56 Å². The van der Waals surface area contributed by atoms with Crippen LogP contribution < -0.4 is 11.1 Å². The number of anilines is 1. The Morgan fingerprint density at radius 2 is 1.95 bits per heavy atom. The zero-order chi connectivity index (χ0) is 13.7. The van der Waals surface area contributed by atoms with Gasteiger partial charge in [-0.15, -0.1) is 0 Å². The zero-order valence-corrected chi connectivity index (χ0v) is 12.3. The van der Waals surface area contributed by atoms with Crippen molar-refractivity contribution in [3.05, 3.63) is 64.1 Å². The predicted molar refractivity (Wildman–Crippen MR) is 84.3 cm³/mol. The molecule has 3 N–H and O–H groups in total. The first-order valence-electron chi connectivity index (χ1n) is 6.02. The van der Waals surface area contributed by atoms with E-state index in [2.05, 4.69) is 26.2 Å². The molecule has 0 amide bonds. The fraction of sp³-hybridized carbons (Fsp3) is 0.133. The lowest BCUT2D eigenvalue weighted by Gasteiger charge is -2.08. The van der Waals surface area contributed by atoms with Crippen LogP contribution in [0.4, 0.5) is 5.69 Å². The van der Waals surface area contributed by atoms with Crippen LogP contribution in [0.3, 0.4) is 0 Å². The SMILES string of the molecule is Cc1ccc(Br)c(NC(N)=NCc2ccccc2)c1. The Kier molecular flexibility index (Phi) is 4.58. The van der Waals surface area contributed by atoms with Gasteiger partial charge in [0, 0.05) is 4.47 Å². The molecule has 3 nitrogen and oxygen atoms in total. The molecule has 19 heavy (non-hydrogen) atoms. The van der Waals surface area contributed by atoms with E-state index < -0.39 is 0 Å². The molecule has 0 aliphatic rings.